The van der Waals surface area contributed by atoms with Gasteiger partial charge in [-0.1, -0.05) is 25.1 Å². The summed E-state index contributed by atoms with van der Waals surface area (Å²) in [4.78, 5) is 12.4. The number of hydrogen-bond donors (Lipinski definition) is 0. The SMILES string of the molecule is CCc1c(C)nn(CC(=O)c2cc3ccccc3o2)c1C. The Bertz CT molecular complexity index is 778. The van der Waals surface area contributed by atoms with Crippen molar-refractivity contribution in [3.05, 3.63) is 53.0 Å². The molecule has 108 valence electrons. The predicted octanol–water partition coefficient (Wildman–Crippen LogP) is 3.69. The fourth-order valence-corrected chi connectivity index (χ4v) is 2.73. The minimum atomic E-state index is -0.0561. The standard InChI is InChI=1S/C17H18N2O2/c1-4-14-11(2)18-19(12(14)3)10-15(20)17-9-13-7-5-6-8-16(13)21-17/h5-9H,4,10H2,1-3H3. The van der Waals surface area contributed by atoms with Crippen LogP contribution in [-0.2, 0) is 13.0 Å². The van der Waals surface area contributed by atoms with Crippen LogP contribution in [0.1, 0.15) is 34.4 Å². The molecule has 2 heterocycles. The van der Waals surface area contributed by atoms with E-state index in [0.29, 0.717) is 5.76 Å². The smallest absolute Gasteiger partial charge is 0.219 e. The number of benzene rings is 1. The summed E-state index contributed by atoms with van der Waals surface area (Å²) >= 11 is 0. The average Bonchev–Trinajstić information content (AvgIpc) is 3.01. The topological polar surface area (TPSA) is 48.0 Å². The number of carbonyl (C=O) groups excluding carboxylic acids is 1. The van der Waals surface area contributed by atoms with Crippen LogP contribution in [0.2, 0.25) is 0 Å². The van der Waals surface area contributed by atoms with E-state index in [1.807, 2.05) is 38.1 Å². The van der Waals surface area contributed by atoms with E-state index >= 15 is 0 Å². The van der Waals surface area contributed by atoms with E-state index in [4.69, 9.17) is 4.42 Å². The highest BCUT2D eigenvalue weighted by Gasteiger charge is 2.16. The zero-order chi connectivity index (χ0) is 15.0. The van der Waals surface area contributed by atoms with Gasteiger partial charge in [0.15, 0.2) is 5.76 Å². The van der Waals surface area contributed by atoms with E-state index in [0.717, 1.165) is 28.8 Å². The van der Waals surface area contributed by atoms with Crippen LogP contribution in [0.15, 0.2) is 34.7 Å². The molecule has 0 radical (unpaired) electrons. The van der Waals surface area contributed by atoms with Crippen molar-refractivity contribution in [1.29, 1.82) is 0 Å². The third-order valence-electron chi connectivity index (χ3n) is 3.88. The average molecular weight is 282 g/mol. The number of ketones is 1. The van der Waals surface area contributed by atoms with E-state index in [2.05, 4.69) is 12.0 Å². The van der Waals surface area contributed by atoms with Crippen molar-refractivity contribution in [3.8, 4) is 0 Å². The Balaban J connectivity index is 1.89. The number of rotatable bonds is 4. The van der Waals surface area contributed by atoms with Gasteiger partial charge in [-0.25, -0.2) is 0 Å². The minimum Gasteiger partial charge on any atom is -0.453 e. The summed E-state index contributed by atoms with van der Waals surface area (Å²) in [5.74, 6) is 0.334. The van der Waals surface area contributed by atoms with Crippen molar-refractivity contribution in [3.63, 3.8) is 0 Å². The van der Waals surface area contributed by atoms with E-state index in [1.54, 1.807) is 10.7 Å². The fourth-order valence-electron chi connectivity index (χ4n) is 2.73. The maximum absolute atomic E-state index is 12.4. The van der Waals surface area contributed by atoms with Crippen LogP contribution < -0.4 is 0 Å². The van der Waals surface area contributed by atoms with Gasteiger partial charge in [-0.2, -0.15) is 5.10 Å². The molecule has 4 heteroatoms. The third kappa shape index (κ3) is 2.37. The van der Waals surface area contributed by atoms with E-state index in [1.165, 1.54) is 5.56 Å². The summed E-state index contributed by atoms with van der Waals surface area (Å²) < 4.78 is 7.38. The Morgan fingerprint density at radius 3 is 2.71 bits per heavy atom. The number of aryl methyl sites for hydroxylation is 1. The highest BCUT2D eigenvalue weighted by molar-refractivity contribution is 5.97. The number of hydrogen-bond acceptors (Lipinski definition) is 3. The Morgan fingerprint density at radius 2 is 2.05 bits per heavy atom. The van der Waals surface area contributed by atoms with Gasteiger partial charge < -0.3 is 4.42 Å². The van der Waals surface area contributed by atoms with Crippen LogP contribution in [0.3, 0.4) is 0 Å². The quantitative estimate of drug-likeness (QED) is 0.686. The van der Waals surface area contributed by atoms with Crippen LogP contribution in [0, 0.1) is 13.8 Å². The van der Waals surface area contributed by atoms with Crippen molar-refractivity contribution in [1.82, 2.24) is 9.78 Å². The van der Waals surface area contributed by atoms with Crippen molar-refractivity contribution in [2.45, 2.75) is 33.7 Å². The molecule has 4 nitrogen and oxygen atoms in total. The van der Waals surface area contributed by atoms with Crippen LogP contribution in [-0.4, -0.2) is 15.6 Å². The molecule has 0 unspecified atom stereocenters. The third-order valence-corrected chi connectivity index (χ3v) is 3.88. The Morgan fingerprint density at radius 1 is 1.29 bits per heavy atom. The van der Waals surface area contributed by atoms with Gasteiger partial charge in [0.1, 0.15) is 12.1 Å². The molecule has 0 atom stereocenters. The molecule has 0 amide bonds. The second-order valence-corrected chi connectivity index (χ2v) is 5.23. The van der Waals surface area contributed by atoms with Gasteiger partial charge in [-0.05, 0) is 38.0 Å². The van der Waals surface area contributed by atoms with Crippen LogP contribution >= 0.6 is 0 Å². The lowest BCUT2D eigenvalue weighted by Gasteiger charge is -2.02. The van der Waals surface area contributed by atoms with Crippen LogP contribution in [0.25, 0.3) is 11.0 Å². The van der Waals surface area contributed by atoms with Crippen molar-refractivity contribution in [2.75, 3.05) is 0 Å². The largest absolute Gasteiger partial charge is 0.453 e. The monoisotopic (exact) mass is 282 g/mol. The normalized spacial score (nSPS) is 11.2. The first-order chi connectivity index (χ1) is 10.1. The summed E-state index contributed by atoms with van der Waals surface area (Å²) in [6.07, 6.45) is 0.927. The summed E-state index contributed by atoms with van der Waals surface area (Å²) in [6.45, 7) is 6.30. The zero-order valence-corrected chi connectivity index (χ0v) is 12.5. The van der Waals surface area contributed by atoms with Gasteiger partial charge >= 0.3 is 0 Å². The number of fused-ring (bicyclic) bond motifs is 1. The molecule has 2 aromatic heterocycles. The van der Waals surface area contributed by atoms with Gasteiger partial charge in [0, 0.05) is 11.1 Å². The second kappa shape index (κ2) is 5.20. The molecule has 0 spiro atoms. The number of furan rings is 1. The Hall–Kier alpha value is -2.36. The summed E-state index contributed by atoms with van der Waals surface area (Å²) in [5.41, 5.74) is 4.00. The van der Waals surface area contributed by atoms with Gasteiger partial charge in [0.05, 0.1) is 5.69 Å². The second-order valence-electron chi connectivity index (χ2n) is 5.23. The molecule has 21 heavy (non-hydrogen) atoms. The number of para-hydroxylation sites is 1. The minimum absolute atomic E-state index is 0.0561. The maximum atomic E-state index is 12.4. The summed E-state index contributed by atoms with van der Waals surface area (Å²) in [7, 11) is 0. The van der Waals surface area contributed by atoms with Gasteiger partial charge in [-0.3, -0.25) is 9.48 Å². The molecule has 0 N–H and O–H groups in total. The molecule has 3 rings (SSSR count). The molecule has 0 fully saturated rings. The Kier molecular flexibility index (Phi) is 3.37. The lowest BCUT2D eigenvalue weighted by Crippen LogP contribution is -2.12. The van der Waals surface area contributed by atoms with E-state index < -0.39 is 0 Å². The first-order valence-electron chi connectivity index (χ1n) is 7.14. The summed E-state index contributed by atoms with van der Waals surface area (Å²) in [5, 5.41) is 5.40. The molecular weight excluding hydrogens is 264 g/mol. The Labute approximate surface area is 123 Å². The lowest BCUT2D eigenvalue weighted by atomic mass is 10.1. The first-order valence-corrected chi connectivity index (χ1v) is 7.14. The first kappa shape index (κ1) is 13.6. The molecule has 0 saturated carbocycles. The van der Waals surface area contributed by atoms with Crippen LogP contribution in [0.5, 0.6) is 0 Å². The maximum Gasteiger partial charge on any atom is 0.219 e. The number of nitrogens with zero attached hydrogens (tertiary/aromatic N) is 2. The predicted molar refractivity (Wildman–Crippen MR) is 81.6 cm³/mol. The molecule has 0 bridgehead atoms. The molecule has 3 aromatic rings. The number of carbonyl (C=O) groups is 1. The lowest BCUT2D eigenvalue weighted by molar-refractivity contribution is 0.0941. The van der Waals surface area contributed by atoms with E-state index in [9.17, 15) is 4.79 Å². The molecular formula is C17H18N2O2. The number of aromatic nitrogens is 2. The van der Waals surface area contributed by atoms with Crippen molar-refractivity contribution < 1.29 is 9.21 Å². The zero-order valence-electron chi connectivity index (χ0n) is 12.5. The molecule has 0 aliphatic carbocycles. The molecule has 1 aromatic carbocycles. The van der Waals surface area contributed by atoms with E-state index in [-0.39, 0.29) is 12.3 Å². The molecule has 0 saturated heterocycles. The molecule has 0 aliphatic heterocycles. The highest BCUT2D eigenvalue weighted by atomic mass is 16.3. The fraction of sp³-hybridized carbons (Fsp3) is 0.294. The van der Waals surface area contributed by atoms with Gasteiger partial charge in [0.2, 0.25) is 5.78 Å². The van der Waals surface area contributed by atoms with Crippen molar-refractivity contribution in [2.24, 2.45) is 0 Å². The van der Waals surface area contributed by atoms with Gasteiger partial charge in [-0.15, -0.1) is 0 Å². The van der Waals surface area contributed by atoms with Gasteiger partial charge in [0.25, 0.3) is 0 Å². The van der Waals surface area contributed by atoms with Crippen molar-refractivity contribution >= 4 is 16.8 Å². The molecule has 0 aliphatic rings. The summed E-state index contributed by atoms with van der Waals surface area (Å²) in [6, 6.07) is 9.43. The highest BCUT2D eigenvalue weighted by Crippen LogP contribution is 2.20. The number of Topliss-reactive ketones (excluding diaryl/α,β-unsaturated/α-hetero) is 1. The van der Waals surface area contributed by atoms with Crippen LogP contribution in [0.4, 0.5) is 0 Å².